The van der Waals surface area contributed by atoms with Crippen LogP contribution in [0.5, 0.6) is 0 Å². The minimum atomic E-state index is -0.254. The van der Waals surface area contributed by atoms with Crippen LogP contribution in [0.4, 0.5) is 5.69 Å². The molecular formula is C23H13NO2. The summed E-state index contributed by atoms with van der Waals surface area (Å²) in [5, 5.41) is 20.4. The van der Waals surface area contributed by atoms with Gasteiger partial charge in [0.05, 0.1) is 10.3 Å². The van der Waals surface area contributed by atoms with Crippen LogP contribution in [0.1, 0.15) is 11.1 Å². The van der Waals surface area contributed by atoms with Gasteiger partial charge in [0.15, 0.2) is 0 Å². The molecule has 6 rings (SSSR count). The molecule has 0 fully saturated rings. The minimum absolute atomic E-state index is 0.197. The fourth-order valence-electron chi connectivity index (χ4n) is 4.65. The molecule has 0 saturated heterocycles. The highest BCUT2D eigenvalue weighted by Crippen LogP contribution is 2.45. The molecule has 0 aromatic heterocycles. The van der Waals surface area contributed by atoms with E-state index in [4.69, 9.17) is 0 Å². The molecule has 0 unspecified atom stereocenters. The van der Waals surface area contributed by atoms with E-state index >= 15 is 0 Å². The smallest absolute Gasteiger partial charge is 0.258 e. The molecule has 0 bridgehead atoms. The number of non-ortho nitro benzene ring substituents is 1. The van der Waals surface area contributed by atoms with Gasteiger partial charge in [-0.2, -0.15) is 0 Å². The van der Waals surface area contributed by atoms with Gasteiger partial charge in [0.25, 0.3) is 5.69 Å². The Bertz CT molecular complexity index is 1430. The number of fused-ring (bicyclic) bond motifs is 4. The lowest BCUT2D eigenvalue weighted by atomic mass is 9.93. The van der Waals surface area contributed by atoms with E-state index in [0.717, 1.165) is 28.0 Å². The van der Waals surface area contributed by atoms with Gasteiger partial charge in [-0.3, -0.25) is 10.1 Å². The zero-order valence-electron chi connectivity index (χ0n) is 13.8. The first-order valence-corrected chi connectivity index (χ1v) is 8.68. The van der Waals surface area contributed by atoms with Crippen molar-refractivity contribution in [3.05, 3.63) is 88.0 Å². The van der Waals surface area contributed by atoms with E-state index in [-0.39, 0.29) is 10.6 Å². The normalized spacial score (nSPS) is 12.8. The Kier molecular flexibility index (Phi) is 2.43. The summed E-state index contributed by atoms with van der Waals surface area (Å²) in [6, 6.07) is 22.5. The molecule has 1 aliphatic rings. The molecule has 0 spiro atoms. The van der Waals surface area contributed by atoms with Crippen molar-refractivity contribution in [1.29, 1.82) is 0 Å². The highest BCUT2D eigenvalue weighted by Gasteiger charge is 2.25. The Labute approximate surface area is 148 Å². The Hall–Kier alpha value is -3.46. The van der Waals surface area contributed by atoms with Crippen molar-refractivity contribution in [2.75, 3.05) is 0 Å². The summed E-state index contributed by atoms with van der Waals surface area (Å²) in [4.78, 5) is 11.5. The molecule has 1 aliphatic carbocycles. The third-order valence-electron chi connectivity index (χ3n) is 5.71. The first kappa shape index (κ1) is 13.8. The molecule has 0 saturated carbocycles. The van der Waals surface area contributed by atoms with Gasteiger partial charge in [-0.15, -0.1) is 0 Å². The third kappa shape index (κ3) is 1.58. The second-order valence-corrected chi connectivity index (χ2v) is 7.01. The maximum absolute atomic E-state index is 11.7. The zero-order chi connectivity index (χ0) is 17.4. The van der Waals surface area contributed by atoms with Gasteiger partial charge in [-0.1, -0.05) is 48.5 Å². The number of nitrogens with zero attached hydrogens (tertiary/aromatic N) is 1. The van der Waals surface area contributed by atoms with Gasteiger partial charge in [-0.25, -0.2) is 0 Å². The Morgan fingerprint density at radius 3 is 2.38 bits per heavy atom. The van der Waals surface area contributed by atoms with Crippen LogP contribution in [0, 0.1) is 10.1 Å². The van der Waals surface area contributed by atoms with Crippen molar-refractivity contribution < 1.29 is 4.92 Å². The molecule has 5 aromatic carbocycles. The van der Waals surface area contributed by atoms with Crippen molar-refractivity contribution in [3.63, 3.8) is 0 Å². The van der Waals surface area contributed by atoms with Crippen molar-refractivity contribution in [2.24, 2.45) is 0 Å². The van der Waals surface area contributed by atoms with E-state index in [1.165, 1.54) is 32.7 Å². The fourth-order valence-corrected chi connectivity index (χ4v) is 4.65. The molecule has 5 aromatic rings. The van der Waals surface area contributed by atoms with E-state index in [0.29, 0.717) is 0 Å². The van der Waals surface area contributed by atoms with Crippen LogP contribution in [0.15, 0.2) is 66.7 Å². The summed E-state index contributed by atoms with van der Waals surface area (Å²) in [6.45, 7) is 0. The zero-order valence-corrected chi connectivity index (χ0v) is 13.8. The predicted molar refractivity (Wildman–Crippen MR) is 106 cm³/mol. The fraction of sp³-hybridized carbons (Fsp3) is 0.0435. The number of nitro benzene ring substituents is 1. The highest BCUT2D eigenvalue weighted by atomic mass is 16.6. The van der Waals surface area contributed by atoms with Crippen LogP contribution in [0.25, 0.3) is 43.1 Å². The summed E-state index contributed by atoms with van der Waals surface area (Å²) in [6.07, 6.45) is 0.837. The van der Waals surface area contributed by atoms with Gasteiger partial charge in [0, 0.05) is 11.5 Å². The lowest BCUT2D eigenvalue weighted by molar-refractivity contribution is -0.382. The van der Waals surface area contributed by atoms with E-state index in [1.807, 2.05) is 24.3 Å². The molecule has 0 heterocycles. The molecule has 0 atom stereocenters. The van der Waals surface area contributed by atoms with Gasteiger partial charge in [0.2, 0.25) is 0 Å². The van der Waals surface area contributed by atoms with Crippen LogP contribution in [-0.4, -0.2) is 4.92 Å². The maximum Gasteiger partial charge on any atom is 0.277 e. The Morgan fingerprint density at radius 2 is 1.50 bits per heavy atom. The third-order valence-corrected chi connectivity index (χ3v) is 5.71. The highest BCUT2D eigenvalue weighted by molar-refractivity contribution is 6.26. The molecule has 0 N–H and O–H groups in total. The van der Waals surface area contributed by atoms with Crippen LogP contribution in [0.3, 0.4) is 0 Å². The molecule has 0 radical (unpaired) electrons. The number of nitro groups is 1. The second-order valence-electron chi connectivity index (χ2n) is 7.01. The van der Waals surface area contributed by atoms with Crippen LogP contribution >= 0.6 is 0 Å². The lowest BCUT2D eigenvalue weighted by Crippen LogP contribution is -1.91. The second kappa shape index (κ2) is 4.58. The standard InChI is InChI=1S/C23H13NO2/c25-24(26)21-12-20-17-9-8-13-4-1-2-6-16(13)19(17)11-15-10-14-5-3-7-18(21)22(14)23(15)20/h1-9,11-12H,10H2. The van der Waals surface area contributed by atoms with E-state index in [2.05, 4.69) is 36.4 Å². The first-order chi connectivity index (χ1) is 12.7. The lowest BCUT2D eigenvalue weighted by Gasteiger charge is -2.10. The Balaban J connectivity index is 1.93. The number of benzene rings is 5. The molecular weight excluding hydrogens is 322 g/mol. The summed E-state index contributed by atoms with van der Waals surface area (Å²) in [5.74, 6) is 0. The molecule has 0 amide bonds. The summed E-state index contributed by atoms with van der Waals surface area (Å²) in [7, 11) is 0. The summed E-state index contributed by atoms with van der Waals surface area (Å²) >= 11 is 0. The van der Waals surface area contributed by atoms with Crippen molar-refractivity contribution in [1.82, 2.24) is 0 Å². The van der Waals surface area contributed by atoms with Gasteiger partial charge in [0.1, 0.15) is 0 Å². The van der Waals surface area contributed by atoms with E-state index in [9.17, 15) is 10.1 Å². The largest absolute Gasteiger partial charge is 0.277 e. The average Bonchev–Trinajstić information content (AvgIpc) is 3.04. The Morgan fingerprint density at radius 1 is 0.692 bits per heavy atom. The van der Waals surface area contributed by atoms with Gasteiger partial charge < -0.3 is 0 Å². The number of rotatable bonds is 1. The monoisotopic (exact) mass is 335 g/mol. The van der Waals surface area contributed by atoms with Crippen molar-refractivity contribution in [2.45, 2.75) is 6.42 Å². The van der Waals surface area contributed by atoms with Gasteiger partial charge >= 0.3 is 0 Å². The van der Waals surface area contributed by atoms with Gasteiger partial charge in [-0.05, 0) is 62.0 Å². The topological polar surface area (TPSA) is 43.1 Å². The molecule has 122 valence electrons. The summed E-state index contributed by atoms with van der Waals surface area (Å²) < 4.78 is 0. The SMILES string of the molecule is O=[N+]([O-])c1cc2c3ccc4ccccc4c3cc3c2c2c(cccc12)C3. The van der Waals surface area contributed by atoms with Crippen LogP contribution in [-0.2, 0) is 6.42 Å². The summed E-state index contributed by atoms with van der Waals surface area (Å²) in [5.41, 5.74) is 2.65. The first-order valence-electron chi connectivity index (χ1n) is 8.68. The number of hydrogen-bond donors (Lipinski definition) is 0. The van der Waals surface area contributed by atoms with Crippen LogP contribution < -0.4 is 0 Å². The van der Waals surface area contributed by atoms with Crippen molar-refractivity contribution in [3.8, 4) is 0 Å². The number of hydrogen-bond acceptors (Lipinski definition) is 2. The van der Waals surface area contributed by atoms with Crippen LogP contribution in [0.2, 0.25) is 0 Å². The van der Waals surface area contributed by atoms with E-state index < -0.39 is 0 Å². The maximum atomic E-state index is 11.7. The molecule has 0 aliphatic heterocycles. The molecule has 3 heteroatoms. The molecule has 3 nitrogen and oxygen atoms in total. The van der Waals surface area contributed by atoms with Crippen molar-refractivity contribution >= 4 is 48.8 Å². The predicted octanol–water partition coefficient (Wildman–Crippen LogP) is 6.11. The minimum Gasteiger partial charge on any atom is -0.258 e. The quantitative estimate of drug-likeness (QED) is 0.207. The van der Waals surface area contributed by atoms with E-state index in [1.54, 1.807) is 6.07 Å². The average molecular weight is 335 g/mol. The molecule has 26 heavy (non-hydrogen) atoms.